The molecule has 0 aliphatic heterocycles. The van der Waals surface area contributed by atoms with Gasteiger partial charge in [0.15, 0.2) is 0 Å². The van der Waals surface area contributed by atoms with Gasteiger partial charge in [0.25, 0.3) is 0 Å². The maximum absolute atomic E-state index is 12.5. The van der Waals surface area contributed by atoms with Crippen LogP contribution in [0.2, 0.25) is 0 Å². The molecule has 0 aromatic carbocycles. The van der Waals surface area contributed by atoms with Crippen molar-refractivity contribution in [2.75, 3.05) is 6.61 Å². The molecule has 6 nitrogen and oxygen atoms in total. The van der Waals surface area contributed by atoms with Gasteiger partial charge >= 0.3 is 0 Å². The number of rotatable bonds is 37. The average molecular weight is 668 g/mol. The maximum Gasteiger partial charge on any atom is 0.249 e. The summed E-state index contributed by atoms with van der Waals surface area (Å²) >= 11 is 0. The first kappa shape index (κ1) is 46.0. The molecule has 1 amide bonds. The van der Waals surface area contributed by atoms with Gasteiger partial charge in [0.2, 0.25) is 5.91 Å². The third kappa shape index (κ3) is 30.8. The maximum atomic E-state index is 12.5. The number of hydrogen-bond acceptors (Lipinski definition) is 5. The number of allylic oxidation sites excluding steroid dienone is 2. The van der Waals surface area contributed by atoms with E-state index in [2.05, 4.69) is 31.3 Å². The van der Waals surface area contributed by atoms with Crippen LogP contribution in [0.1, 0.15) is 213 Å². The van der Waals surface area contributed by atoms with E-state index in [9.17, 15) is 25.2 Å². The Balaban J connectivity index is 3.79. The topological polar surface area (TPSA) is 110 Å². The van der Waals surface area contributed by atoms with E-state index in [1.165, 1.54) is 148 Å². The summed E-state index contributed by atoms with van der Waals surface area (Å²) < 4.78 is 0. The number of hydrogen-bond donors (Lipinski definition) is 5. The van der Waals surface area contributed by atoms with E-state index in [1.807, 2.05) is 0 Å². The van der Waals surface area contributed by atoms with Gasteiger partial charge < -0.3 is 25.7 Å². The molecule has 47 heavy (non-hydrogen) atoms. The molecule has 0 heterocycles. The highest BCUT2D eigenvalue weighted by Gasteiger charge is 2.28. The van der Waals surface area contributed by atoms with Gasteiger partial charge in [-0.2, -0.15) is 0 Å². The van der Waals surface area contributed by atoms with Gasteiger partial charge in [-0.1, -0.05) is 187 Å². The Kier molecular flexibility index (Phi) is 35.6. The predicted molar refractivity (Wildman–Crippen MR) is 201 cm³/mol. The zero-order chi connectivity index (χ0) is 34.6. The first-order chi connectivity index (χ1) is 23.0. The molecule has 280 valence electrons. The molecule has 0 aromatic heterocycles. The largest absolute Gasteiger partial charge is 0.394 e. The van der Waals surface area contributed by atoms with Gasteiger partial charge in [-0.05, 0) is 38.5 Å². The van der Waals surface area contributed by atoms with E-state index < -0.39 is 36.9 Å². The minimum atomic E-state index is -1.28. The van der Waals surface area contributed by atoms with Crippen molar-refractivity contribution in [2.45, 2.75) is 237 Å². The first-order valence-corrected chi connectivity index (χ1v) is 20.6. The Labute approximate surface area is 292 Å². The SMILES string of the molecule is CCCCCCCCCCCCC/C=C/CCCC(O)C(O)C(CO)NC(=O)C(O)CCCCCCCCCCCCCCCCC. The van der Waals surface area contributed by atoms with Crippen molar-refractivity contribution >= 4 is 5.91 Å². The lowest BCUT2D eigenvalue weighted by molar-refractivity contribution is -0.132. The second kappa shape index (κ2) is 36.3. The summed E-state index contributed by atoms with van der Waals surface area (Å²) in [7, 11) is 0. The van der Waals surface area contributed by atoms with E-state index >= 15 is 0 Å². The van der Waals surface area contributed by atoms with Crippen molar-refractivity contribution in [1.29, 1.82) is 0 Å². The Morgan fingerprint density at radius 2 is 0.872 bits per heavy atom. The number of carbonyl (C=O) groups is 1. The number of amides is 1. The quantitative estimate of drug-likeness (QED) is 0.0335. The fraction of sp³-hybridized carbons (Fsp3) is 0.927. The number of unbranched alkanes of at least 4 members (excludes halogenated alkanes) is 26. The van der Waals surface area contributed by atoms with Gasteiger partial charge in [0.1, 0.15) is 12.2 Å². The number of nitrogens with one attached hydrogen (secondary N) is 1. The van der Waals surface area contributed by atoms with Crippen LogP contribution in [0, 0.1) is 0 Å². The van der Waals surface area contributed by atoms with Gasteiger partial charge in [0.05, 0.1) is 18.8 Å². The molecule has 4 unspecified atom stereocenters. The highest BCUT2D eigenvalue weighted by Crippen LogP contribution is 2.16. The highest BCUT2D eigenvalue weighted by molar-refractivity contribution is 5.80. The van der Waals surface area contributed by atoms with E-state index in [1.54, 1.807) is 0 Å². The van der Waals surface area contributed by atoms with Crippen LogP contribution >= 0.6 is 0 Å². The van der Waals surface area contributed by atoms with Gasteiger partial charge in [-0.15, -0.1) is 0 Å². The number of aliphatic hydroxyl groups excluding tert-OH is 4. The molecule has 0 spiro atoms. The summed E-state index contributed by atoms with van der Waals surface area (Å²) in [4.78, 5) is 12.5. The standard InChI is InChI=1S/C41H81NO5/c1-3-5-7-9-11-13-15-17-19-21-22-24-26-28-30-32-34-38(44)40(46)37(36-43)42-41(47)39(45)35-33-31-29-27-25-23-20-18-16-14-12-10-8-6-4-2/h26,28,37-40,43-46H,3-25,27,29-36H2,1-2H3,(H,42,47)/b28-26+. The Bertz CT molecular complexity index is 672. The summed E-state index contributed by atoms with van der Waals surface area (Å²) in [5, 5.41) is 43.5. The van der Waals surface area contributed by atoms with E-state index in [0.29, 0.717) is 12.8 Å². The molecule has 0 saturated heterocycles. The summed E-state index contributed by atoms with van der Waals surface area (Å²) in [6, 6.07) is -0.996. The van der Waals surface area contributed by atoms with Crippen LogP contribution in [0.3, 0.4) is 0 Å². The lowest BCUT2D eigenvalue weighted by Crippen LogP contribution is -2.53. The van der Waals surface area contributed by atoms with Gasteiger partial charge in [-0.3, -0.25) is 4.79 Å². The van der Waals surface area contributed by atoms with Crippen molar-refractivity contribution in [1.82, 2.24) is 5.32 Å². The smallest absolute Gasteiger partial charge is 0.249 e. The molecule has 0 bridgehead atoms. The molecule has 0 rings (SSSR count). The summed E-state index contributed by atoms with van der Waals surface area (Å²) in [6.45, 7) is 4.04. The minimum absolute atomic E-state index is 0.367. The number of carbonyl (C=O) groups excluding carboxylic acids is 1. The van der Waals surface area contributed by atoms with Crippen LogP contribution in [0.15, 0.2) is 12.2 Å². The van der Waals surface area contributed by atoms with E-state index in [-0.39, 0.29) is 0 Å². The van der Waals surface area contributed by atoms with E-state index in [4.69, 9.17) is 0 Å². The van der Waals surface area contributed by atoms with Crippen molar-refractivity contribution in [2.24, 2.45) is 0 Å². The fourth-order valence-corrected chi connectivity index (χ4v) is 6.40. The van der Waals surface area contributed by atoms with Crippen molar-refractivity contribution in [3.05, 3.63) is 12.2 Å². The molecule has 0 aliphatic carbocycles. The lowest BCUT2D eigenvalue weighted by atomic mass is 10.00. The molecule has 0 radical (unpaired) electrons. The molecule has 0 fully saturated rings. The van der Waals surface area contributed by atoms with Gasteiger partial charge in [0, 0.05) is 0 Å². The van der Waals surface area contributed by atoms with Crippen LogP contribution in [0.4, 0.5) is 0 Å². The fourth-order valence-electron chi connectivity index (χ4n) is 6.40. The summed E-state index contributed by atoms with van der Waals surface area (Å²) in [5.41, 5.74) is 0. The normalized spacial score (nSPS) is 14.4. The Hall–Kier alpha value is -0.950. The van der Waals surface area contributed by atoms with E-state index in [0.717, 1.165) is 38.5 Å². The molecule has 5 N–H and O–H groups in total. The minimum Gasteiger partial charge on any atom is -0.394 e. The highest BCUT2D eigenvalue weighted by atomic mass is 16.3. The second-order valence-electron chi connectivity index (χ2n) is 14.3. The Morgan fingerprint density at radius 3 is 1.28 bits per heavy atom. The van der Waals surface area contributed by atoms with Gasteiger partial charge in [-0.25, -0.2) is 0 Å². The van der Waals surface area contributed by atoms with Crippen molar-refractivity contribution in [3.63, 3.8) is 0 Å². The molecule has 4 atom stereocenters. The molecule has 0 aliphatic rings. The third-order valence-electron chi connectivity index (χ3n) is 9.73. The third-order valence-corrected chi connectivity index (χ3v) is 9.73. The zero-order valence-electron chi connectivity index (χ0n) is 31.3. The van der Waals surface area contributed by atoms with Crippen LogP contribution in [0.25, 0.3) is 0 Å². The zero-order valence-corrected chi connectivity index (χ0v) is 31.3. The van der Waals surface area contributed by atoms with Crippen molar-refractivity contribution in [3.8, 4) is 0 Å². The first-order valence-electron chi connectivity index (χ1n) is 20.6. The summed E-state index contributed by atoms with van der Waals surface area (Å²) in [6.07, 6.45) is 38.1. The molecule has 6 heteroatoms. The monoisotopic (exact) mass is 668 g/mol. The van der Waals surface area contributed by atoms with Crippen molar-refractivity contribution < 1.29 is 25.2 Å². The lowest BCUT2D eigenvalue weighted by Gasteiger charge is -2.27. The molecule has 0 saturated carbocycles. The molecular formula is C41H81NO5. The summed E-state index contributed by atoms with van der Waals surface area (Å²) in [5.74, 6) is -0.592. The van der Waals surface area contributed by atoms with Crippen LogP contribution in [-0.2, 0) is 4.79 Å². The second-order valence-corrected chi connectivity index (χ2v) is 14.3. The molecular weight excluding hydrogens is 586 g/mol. The molecule has 0 aromatic rings. The van der Waals surface area contributed by atoms with Crippen LogP contribution in [0.5, 0.6) is 0 Å². The number of aliphatic hydroxyl groups is 4. The van der Waals surface area contributed by atoms with Crippen LogP contribution < -0.4 is 5.32 Å². The average Bonchev–Trinajstić information content (AvgIpc) is 3.07. The predicted octanol–water partition coefficient (Wildman–Crippen LogP) is 10.2. The Morgan fingerprint density at radius 1 is 0.511 bits per heavy atom. The van der Waals surface area contributed by atoms with Crippen LogP contribution in [-0.4, -0.2) is 57.3 Å².